The molecule has 0 saturated heterocycles. The van der Waals surface area contributed by atoms with Gasteiger partial charge in [0, 0.05) is 25.0 Å². The lowest BCUT2D eigenvalue weighted by molar-refractivity contribution is 0.0771. The van der Waals surface area contributed by atoms with Crippen molar-refractivity contribution in [1.29, 1.82) is 0 Å². The highest BCUT2D eigenvalue weighted by Gasteiger charge is 2.18. The Morgan fingerprint density at radius 3 is 2.65 bits per heavy atom. The minimum Gasteiger partial charge on any atom is -0.339 e. The van der Waals surface area contributed by atoms with Gasteiger partial charge in [0.1, 0.15) is 5.82 Å². The normalized spacial score (nSPS) is 10.8. The SMILES string of the molecule is CCN(CC)C(=O)c1cc2c(F)cccc2nc1CN. The molecule has 0 fully saturated rings. The summed E-state index contributed by atoms with van der Waals surface area (Å²) >= 11 is 0. The lowest BCUT2D eigenvalue weighted by Gasteiger charge is -2.20. The van der Waals surface area contributed by atoms with Crippen molar-refractivity contribution in [1.82, 2.24) is 9.88 Å². The van der Waals surface area contributed by atoms with Gasteiger partial charge in [-0.3, -0.25) is 9.78 Å². The van der Waals surface area contributed by atoms with Crippen LogP contribution in [0.5, 0.6) is 0 Å². The fourth-order valence-corrected chi connectivity index (χ4v) is 2.22. The van der Waals surface area contributed by atoms with Gasteiger partial charge in [0.05, 0.1) is 16.8 Å². The molecular formula is C15H18FN3O. The van der Waals surface area contributed by atoms with Gasteiger partial charge in [0.15, 0.2) is 0 Å². The van der Waals surface area contributed by atoms with Crippen LogP contribution in [0.4, 0.5) is 4.39 Å². The summed E-state index contributed by atoms with van der Waals surface area (Å²) in [6, 6.07) is 6.22. The smallest absolute Gasteiger partial charge is 0.255 e. The zero-order valence-electron chi connectivity index (χ0n) is 11.7. The number of fused-ring (bicyclic) bond motifs is 1. The summed E-state index contributed by atoms with van der Waals surface area (Å²) in [4.78, 5) is 18.4. The van der Waals surface area contributed by atoms with Crippen LogP contribution < -0.4 is 5.73 Å². The van der Waals surface area contributed by atoms with E-state index in [9.17, 15) is 9.18 Å². The first-order valence-corrected chi connectivity index (χ1v) is 6.69. The number of benzene rings is 1. The van der Waals surface area contributed by atoms with Gasteiger partial charge in [-0.2, -0.15) is 0 Å². The maximum Gasteiger partial charge on any atom is 0.255 e. The largest absolute Gasteiger partial charge is 0.339 e. The van der Waals surface area contributed by atoms with E-state index in [0.29, 0.717) is 35.2 Å². The molecule has 106 valence electrons. The number of hydrogen-bond acceptors (Lipinski definition) is 3. The molecule has 0 spiro atoms. The number of carbonyl (C=O) groups is 1. The van der Waals surface area contributed by atoms with Crippen molar-refractivity contribution in [3.8, 4) is 0 Å². The summed E-state index contributed by atoms with van der Waals surface area (Å²) in [6.07, 6.45) is 0. The van der Waals surface area contributed by atoms with Gasteiger partial charge in [-0.15, -0.1) is 0 Å². The monoisotopic (exact) mass is 275 g/mol. The van der Waals surface area contributed by atoms with E-state index in [1.807, 2.05) is 13.8 Å². The van der Waals surface area contributed by atoms with Crippen LogP contribution in [0.25, 0.3) is 10.9 Å². The van der Waals surface area contributed by atoms with Crippen LogP contribution in [0.15, 0.2) is 24.3 Å². The zero-order valence-corrected chi connectivity index (χ0v) is 11.7. The van der Waals surface area contributed by atoms with Crippen LogP contribution in [0.1, 0.15) is 29.9 Å². The Kier molecular flexibility index (Phi) is 4.29. The van der Waals surface area contributed by atoms with E-state index in [1.165, 1.54) is 6.07 Å². The van der Waals surface area contributed by atoms with Crippen LogP contribution in [-0.4, -0.2) is 28.9 Å². The van der Waals surface area contributed by atoms with E-state index in [1.54, 1.807) is 23.1 Å². The van der Waals surface area contributed by atoms with Crippen molar-refractivity contribution < 1.29 is 9.18 Å². The molecule has 0 unspecified atom stereocenters. The summed E-state index contributed by atoms with van der Waals surface area (Å²) in [6.45, 7) is 5.13. The number of rotatable bonds is 4. The molecule has 5 heteroatoms. The van der Waals surface area contributed by atoms with E-state index < -0.39 is 0 Å². The molecule has 20 heavy (non-hydrogen) atoms. The quantitative estimate of drug-likeness (QED) is 0.931. The first kappa shape index (κ1) is 14.4. The van der Waals surface area contributed by atoms with Gasteiger partial charge in [-0.1, -0.05) is 6.07 Å². The second-order valence-corrected chi connectivity index (χ2v) is 4.47. The first-order valence-electron chi connectivity index (χ1n) is 6.69. The highest BCUT2D eigenvalue weighted by atomic mass is 19.1. The Labute approximate surface area is 117 Å². The van der Waals surface area contributed by atoms with Crippen molar-refractivity contribution >= 4 is 16.8 Å². The molecule has 1 aromatic heterocycles. The molecular weight excluding hydrogens is 257 g/mol. The molecule has 1 amide bonds. The second-order valence-electron chi connectivity index (χ2n) is 4.47. The Balaban J connectivity index is 2.62. The third-order valence-corrected chi connectivity index (χ3v) is 3.36. The summed E-state index contributed by atoms with van der Waals surface area (Å²) in [7, 11) is 0. The van der Waals surface area contributed by atoms with Gasteiger partial charge in [0.2, 0.25) is 0 Å². The van der Waals surface area contributed by atoms with Gasteiger partial charge in [-0.05, 0) is 32.0 Å². The molecule has 0 aliphatic heterocycles. The van der Waals surface area contributed by atoms with Crippen LogP contribution >= 0.6 is 0 Å². The van der Waals surface area contributed by atoms with Crippen molar-refractivity contribution in [3.05, 3.63) is 41.3 Å². The van der Waals surface area contributed by atoms with Crippen molar-refractivity contribution in [2.75, 3.05) is 13.1 Å². The van der Waals surface area contributed by atoms with Crippen LogP contribution in [0.2, 0.25) is 0 Å². The van der Waals surface area contributed by atoms with Crippen LogP contribution in [-0.2, 0) is 6.54 Å². The Morgan fingerprint density at radius 2 is 2.05 bits per heavy atom. The number of aromatic nitrogens is 1. The molecule has 0 atom stereocenters. The number of nitrogens with zero attached hydrogens (tertiary/aromatic N) is 2. The maximum absolute atomic E-state index is 13.8. The second kappa shape index (κ2) is 5.96. The summed E-state index contributed by atoms with van der Waals surface area (Å²) < 4.78 is 13.8. The van der Waals surface area contributed by atoms with Gasteiger partial charge < -0.3 is 10.6 Å². The van der Waals surface area contributed by atoms with Crippen LogP contribution in [0.3, 0.4) is 0 Å². The van der Waals surface area contributed by atoms with E-state index in [-0.39, 0.29) is 18.3 Å². The van der Waals surface area contributed by atoms with Crippen molar-refractivity contribution in [2.45, 2.75) is 20.4 Å². The summed E-state index contributed by atoms with van der Waals surface area (Å²) in [5, 5.41) is 0.347. The number of nitrogens with two attached hydrogens (primary N) is 1. The molecule has 0 saturated carbocycles. The predicted octanol–water partition coefficient (Wildman–Crippen LogP) is 2.31. The highest BCUT2D eigenvalue weighted by Crippen LogP contribution is 2.21. The number of amides is 1. The lowest BCUT2D eigenvalue weighted by Crippen LogP contribution is -2.31. The molecule has 2 rings (SSSR count). The fourth-order valence-electron chi connectivity index (χ4n) is 2.22. The minimum absolute atomic E-state index is 0.148. The fraction of sp³-hybridized carbons (Fsp3) is 0.333. The standard InChI is InChI=1S/C15H18FN3O/c1-3-19(4-2)15(20)11-8-10-12(16)6-5-7-13(10)18-14(11)9-17/h5-8H,3-4,9,17H2,1-2H3. The molecule has 2 N–H and O–H groups in total. The van der Waals surface area contributed by atoms with Gasteiger partial charge in [0.25, 0.3) is 5.91 Å². The van der Waals surface area contributed by atoms with Gasteiger partial charge >= 0.3 is 0 Å². The number of halogens is 1. The topological polar surface area (TPSA) is 59.2 Å². The highest BCUT2D eigenvalue weighted by molar-refractivity contribution is 5.98. The van der Waals surface area contributed by atoms with Gasteiger partial charge in [-0.25, -0.2) is 4.39 Å². The molecule has 0 aliphatic carbocycles. The summed E-state index contributed by atoms with van der Waals surface area (Å²) in [5.74, 6) is -0.541. The molecule has 0 bridgehead atoms. The van der Waals surface area contributed by atoms with E-state index in [4.69, 9.17) is 5.73 Å². The number of pyridine rings is 1. The Hall–Kier alpha value is -2.01. The number of carbonyl (C=O) groups excluding carboxylic acids is 1. The Morgan fingerprint density at radius 1 is 1.35 bits per heavy atom. The average Bonchev–Trinajstić information content (AvgIpc) is 2.47. The molecule has 1 heterocycles. The third-order valence-electron chi connectivity index (χ3n) is 3.36. The Bertz CT molecular complexity index is 638. The van der Waals surface area contributed by atoms with E-state index in [2.05, 4.69) is 4.98 Å². The van der Waals surface area contributed by atoms with Crippen molar-refractivity contribution in [3.63, 3.8) is 0 Å². The number of hydrogen-bond donors (Lipinski definition) is 1. The maximum atomic E-state index is 13.8. The molecule has 1 aromatic carbocycles. The molecule has 2 aromatic rings. The molecule has 0 aliphatic rings. The van der Waals surface area contributed by atoms with Crippen molar-refractivity contribution in [2.24, 2.45) is 5.73 Å². The average molecular weight is 275 g/mol. The van der Waals surface area contributed by atoms with Crippen LogP contribution in [0, 0.1) is 5.82 Å². The molecule has 0 radical (unpaired) electrons. The first-order chi connectivity index (χ1) is 9.62. The summed E-state index contributed by atoms with van der Waals surface area (Å²) in [5.41, 5.74) is 7.07. The zero-order chi connectivity index (χ0) is 14.7. The molecule has 4 nitrogen and oxygen atoms in total. The van der Waals surface area contributed by atoms with E-state index in [0.717, 1.165) is 0 Å². The predicted molar refractivity (Wildman–Crippen MR) is 76.8 cm³/mol. The lowest BCUT2D eigenvalue weighted by atomic mass is 10.1. The van der Waals surface area contributed by atoms with E-state index >= 15 is 0 Å². The third kappa shape index (κ3) is 2.49. The minimum atomic E-state index is -0.382.